The highest BCUT2D eigenvalue weighted by Gasteiger charge is 2.81. The van der Waals surface area contributed by atoms with Gasteiger partial charge in [0.05, 0.1) is 55.3 Å². The number of carbonyl (C=O) groups is 2. The van der Waals surface area contributed by atoms with Crippen LogP contribution in [0.25, 0.3) is 6.08 Å². The third-order valence-electron chi connectivity index (χ3n) is 21.7. The van der Waals surface area contributed by atoms with Crippen molar-refractivity contribution in [1.29, 1.82) is 0 Å². The summed E-state index contributed by atoms with van der Waals surface area (Å²) < 4.78 is 86.0. The molecule has 0 bridgehead atoms. The zero-order chi connectivity index (χ0) is 65.2. The van der Waals surface area contributed by atoms with Crippen LogP contribution in [0, 0.1) is 16.7 Å². The maximum Gasteiger partial charge on any atom is 0.331 e. The molecule has 508 valence electrons. The van der Waals surface area contributed by atoms with Crippen molar-refractivity contribution in [3.8, 4) is 0 Å². The van der Waals surface area contributed by atoms with Gasteiger partial charge >= 0.3 is 5.97 Å². The molecular weight excluding hydrogens is 1190 g/mol. The molecule has 0 spiro atoms. The number of methoxy groups -OCH3 is 3. The summed E-state index contributed by atoms with van der Waals surface area (Å²) in [7, 11) is 4.40. The smallest absolute Gasteiger partial charge is 0.331 e. The Hall–Kier alpha value is -3.12. The zero-order valence-electron chi connectivity index (χ0n) is 52.4. The number of rotatable bonds is 19. The van der Waals surface area contributed by atoms with E-state index in [2.05, 4.69) is 6.92 Å². The summed E-state index contributed by atoms with van der Waals surface area (Å²) in [6.45, 7) is 8.56. The van der Waals surface area contributed by atoms with Crippen molar-refractivity contribution in [2.75, 3.05) is 34.5 Å². The number of hydrogen-bond acceptors (Lipinski definition) is 27. The minimum atomic E-state index is -2.08. The number of ether oxygens (including phenoxy) is 14. The van der Waals surface area contributed by atoms with Gasteiger partial charge in [0.1, 0.15) is 102 Å². The lowest BCUT2D eigenvalue weighted by Crippen LogP contribution is -2.78. The monoisotopic (exact) mass is 1280 g/mol. The van der Waals surface area contributed by atoms with E-state index in [1.54, 1.807) is 34.0 Å². The number of esters is 1. The SMILES string of the molecule is COC1CC(OC2CCC3(C)C(=CCC4(O)C3CC(OC(=O)C=Cc3ccccc3)C3(C)C(O)(C(C)=O)CCC43O)C2)OC(C)C1OC1CC(OC)C(OC2OC(C)C(OC3OC(CO)C(OC4OC(CO)C(O)C(O)C4O)C(O)C3O)C(OC)C2O)C(C)O1. The summed E-state index contributed by atoms with van der Waals surface area (Å²) in [4.78, 5) is 27.0. The van der Waals surface area contributed by atoms with Gasteiger partial charge in [-0.3, -0.25) is 4.79 Å². The van der Waals surface area contributed by atoms with Crippen LogP contribution in [0.4, 0.5) is 0 Å². The van der Waals surface area contributed by atoms with Crippen LogP contribution in [0.15, 0.2) is 48.1 Å². The molecule has 31 unspecified atom stereocenters. The zero-order valence-corrected chi connectivity index (χ0v) is 52.4. The topological polar surface area (TPSA) is 386 Å². The van der Waals surface area contributed by atoms with Crippen molar-refractivity contribution in [3.63, 3.8) is 0 Å². The molecule has 0 radical (unpaired) electrons. The minimum Gasteiger partial charge on any atom is -0.458 e. The number of carbonyl (C=O) groups excluding carboxylic acids is 2. The van der Waals surface area contributed by atoms with E-state index in [1.807, 2.05) is 43.3 Å². The van der Waals surface area contributed by atoms with E-state index < -0.39 is 206 Å². The number of hydrogen-bond donors (Lipinski definition) is 11. The number of ketones is 1. The van der Waals surface area contributed by atoms with Crippen LogP contribution in [-0.4, -0.2) is 273 Å². The Morgan fingerprint density at radius 3 is 1.79 bits per heavy atom. The maximum absolute atomic E-state index is 13.7. The first-order valence-electron chi connectivity index (χ1n) is 31.4. The Morgan fingerprint density at radius 1 is 0.611 bits per heavy atom. The van der Waals surface area contributed by atoms with Gasteiger partial charge < -0.3 is 122 Å². The molecule has 5 saturated heterocycles. The van der Waals surface area contributed by atoms with Crippen LogP contribution in [0.3, 0.4) is 0 Å². The van der Waals surface area contributed by atoms with E-state index in [0.717, 1.165) is 11.1 Å². The van der Waals surface area contributed by atoms with Crippen LogP contribution >= 0.6 is 0 Å². The van der Waals surface area contributed by atoms with Gasteiger partial charge in [0, 0.05) is 46.2 Å². The summed E-state index contributed by atoms with van der Waals surface area (Å²) in [6.07, 6.45) is -23.0. The van der Waals surface area contributed by atoms with Gasteiger partial charge in [0.15, 0.2) is 37.2 Å². The number of Topliss-reactive ketones (excluding diaryl/α,β-unsaturated/α-hetero) is 1. The molecule has 27 nitrogen and oxygen atoms in total. The number of aliphatic hydroxyl groups excluding tert-OH is 8. The molecule has 1 aromatic rings. The Balaban J connectivity index is 0.736. The third-order valence-corrected chi connectivity index (χ3v) is 21.7. The summed E-state index contributed by atoms with van der Waals surface area (Å²) in [5, 5.41) is 123. The Kier molecular flexibility index (Phi) is 21.3. The van der Waals surface area contributed by atoms with Gasteiger partial charge in [-0.25, -0.2) is 4.79 Å². The Labute approximate surface area is 522 Å². The molecule has 8 fully saturated rings. The molecule has 5 aliphatic heterocycles. The summed E-state index contributed by atoms with van der Waals surface area (Å²) in [5.74, 6) is -1.91. The van der Waals surface area contributed by atoms with Gasteiger partial charge in [0.25, 0.3) is 0 Å². The van der Waals surface area contributed by atoms with Gasteiger partial charge in [-0.15, -0.1) is 0 Å². The van der Waals surface area contributed by atoms with Crippen LogP contribution < -0.4 is 0 Å². The summed E-state index contributed by atoms with van der Waals surface area (Å²) >= 11 is 0. The molecule has 4 aliphatic carbocycles. The van der Waals surface area contributed by atoms with Gasteiger partial charge in [-0.1, -0.05) is 48.9 Å². The van der Waals surface area contributed by atoms with Crippen molar-refractivity contribution in [1.82, 2.24) is 0 Å². The Bertz CT molecular complexity index is 2670. The molecule has 5 heterocycles. The first-order valence-corrected chi connectivity index (χ1v) is 31.4. The quantitative estimate of drug-likeness (QED) is 0.0464. The summed E-state index contributed by atoms with van der Waals surface area (Å²) in [5.41, 5.74) is -6.54. The molecule has 11 N–H and O–H groups in total. The highest BCUT2D eigenvalue weighted by molar-refractivity contribution is 5.89. The third kappa shape index (κ3) is 12.4. The second-order valence-electron chi connectivity index (χ2n) is 26.5. The first-order chi connectivity index (χ1) is 42.6. The highest BCUT2D eigenvalue weighted by Crippen LogP contribution is 2.71. The van der Waals surface area contributed by atoms with Crippen molar-refractivity contribution in [2.24, 2.45) is 16.7 Å². The van der Waals surface area contributed by atoms with Crippen LogP contribution in [0.5, 0.6) is 0 Å². The van der Waals surface area contributed by atoms with Crippen molar-refractivity contribution < 1.29 is 132 Å². The van der Waals surface area contributed by atoms with Crippen molar-refractivity contribution in [2.45, 2.75) is 270 Å². The van der Waals surface area contributed by atoms with Crippen LogP contribution in [0.1, 0.15) is 105 Å². The van der Waals surface area contributed by atoms with Crippen LogP contribution in [0.2, 0.25) is 0 Å². The van der Waals surface area contributed by atoms with E-state index in [-0.39, 0.29) is 38.2 Å². The lowest BCUT2D eigenvalue weighted by atomic mass is 9.42. The number of aliphatic hydroxyl groups is 11. The molecule has 3 saturated carbocycles. The maximum atomic E-state index is 13.7. The van der Waals surface area contributed by atoms with E-state index in [1.165, 1.54) is 27.2 Å². The average Bonchev–Trinajstić information content (AvgIpc) is 1.36. The van der Waals surface area contributed by atoms with Gasteiger partial charge in [-0.2, -0.15) is 0 Å². The fourth-order valence-corrected chi connectivity index (χ4v) is 16.3. The van der Waals surface area contributed by atoms with Gasteiger partial charge in [0.2, 0.25) is 0 Å². The number of benzene rings is 1. The number of fused-ring (bicyclic) bond motifs is 5. The molecule has 0 aromatic heterocycles. The van der Waals surface area contributed by atoms with Crippen LogP contribution in [-0.2, 0) is 75.9 Å². The molecule has 1 aromatic carbocycles. The Morgan fingerprint density at radius 2 is 1.18 bits per heavy atom. The predicted octanol–water partition coefficient (Wildman–Crippen LogP) is -0.680. The lowest BCUT2D eigenvalue weighted by Gasteiger charge is -2.67. The summed E-state index contributed by atoms with van der Waals surface area (Å²) in [6, 6.07) is 9.20. The highest BCUT2D eigenvalue weighted by atomic mass is 16.8. The largest absolute Gasteiger partial charge is 0.458 e. The molecule has 27 heteroatoms. The van der Waals surface area contributed by atoms with E-state index in [0.29, 0.717) is 25.7 Å². The second-order valence-corrected chi connectivity index (χ2v) is 26.5. The average molecular weight is 1280 g/mol. The van der Waals surface area contributed by atoms with Crippen molar-refractivity contribution >= 4 is 17.8 Å². The molecular formula is C63H94O27. The van der Waals surface area contributed by atoms with E-state index >= 15 is 0 Å². The standard InChI is InChI=1S/C63H94O27/c1-29-51(87-44-25-37(78-8)52(30(2)81-44)88-58-50(73)55(79-9)53(31(3)82-58)89-57-49(72)47(70)54(39(28-65)85-57)90-56-48(71)46(69)45(68)38(27-64)84-56)36(77-7)24-43(80-29)83-35-18-19-59(5)34(23-35)17-20-62(75)40(59)26-41(86-42(67)16-15-33-13-11-10-12-14-33)60(6)61(74,32(4)66)21-22-63(60,62)76/h10-17,29-31,35-41,43-58,64-65,68-76H,18-28H2,1-9H3. The van der Waals surface area contributed by atoms with E-state index in [4.69, 9.17) is 66.3 Å². The molecule has 31 atom stereocenters. The second kappa shape index (κ2) is 27.5. The first kappa shape index (κ1) is 69.7. The minimum absolute atomic E-state index is 0.0391. The fourth-order valence-electron chi connectivity index (χ4n) is 16.3. The normalized spacial score (nSPS) is 49.7. The predicted molar refractivity (Wildman–Crippen MR) is 308 cm³/mol. The lowest BCUT2D eigenvalue weighted by molar-refractivity contribution is -0.385. The molecule has 90 heavy (non-hydrogen) atoms. The fraction of sp³-hybridized carbons (Fsp3) is 0.810. The molecule has 9 aliphatic rings. The van der Waals surface area contributed by atoms with Gasteiger partial charge in [-0.05, 0) is 96.6 Å². The van der Waals surface area contributed by atoms with E-state index in [9.17, 15) is 65.8 Å². The molecule has 10 rings (SSSR count). The van der Waals surface area contributed by atoms with Crippen molar-refractivity contribution in [3.05, 3.63) is 53.6 Å². The molecule has 0 amide bonds.